The van der Waals surface area contributed by atoms with Crippen LogP contribution in [0.3, 0.4) is 0 Å². The number of hydrogen-bond acceptors (Lipinski definition) is 4. The summed E-state index contributed by atoms with van der Waals surface area (Å²) >= 11 is 0. The van der Waals surface area contributed by atoms with Crippen molar-refractivity contribution in [2.75, 3.05) is 6.61 Å². The van der Waals surface area contributed by atoms with Crippen LogP contribution in [0.25, 0.3) is 10.9 Å². The van der Waals surface area contributed by atoms with E-state index < -0.39 is 5.54 Å². The summed E-state index contributed by atoms with van der Waals surface area (Å²) in [6, 6.07) is 7.98. The molecule has 0 spiro atoms. The van der Waals surface area contributed by atoms with Crippen molar-refractivity contribution in [2.45, 2.75) is 38.8 Å². The van der Waals surface area contributed by atoms with E-state index in [0.29, 0.717) is 13.0 Å². The van der Waals surface area contributed by atoms with Gasteiger partial charge in [-0.1, -0.05) is 18.2 Å². The highest BCUT2D eigenvalue weighted by Gasteiger charge is 2.32. The largest absolute Gasteiger partial charge is 0.465 e. The second kappa shape index (κ2) is 5.63. The monoisotopic (exact) mass is 275 g/mol. The SMILES string of the molecule is CCOC(=O)C(C)(N)CC(C)n1ncc2ccccc21. The van der Waals surface area contributed by atoms with Crippen molar-refractivity contribution in [1.82, 2.24) is 9.78 Å². The molecule has 0 saturated carbocycles. The topological polar surface area (TPSA) is 70.1 Å². The average Bonchev–Trinajstić information content (AvgIpc) is 2.82. The molecule has 0 radical (unpaired) electrons. The maximum Gasteiger partial charge on any atom is 0.325 e. The van der Waals surface area contributed by atoms with Crippen molar-refractivity contribution in [3.05, 3.63) is 30.5 Å². The number of fused-ring (bicyclic) bond motifs is 1. The molecule has 0 amide bonds. The zero-order chi connectivity index (χ0) is 14.8. The van der Waals surface area contributed by atoms with Crippen LogP contribution in [0.5, 0.6) is 0 Å². The summed E-state index contributed by atoms with van der Waals surface area (Å²) in [5, 5.41) is 5.47. The molecule has 2 atom stereocenters. The fraction of sp³-hybridized carbons (Fsp3) is 0.467. The van der Waals surface area contributed by atoms with Crippen LogP contribution in [0.4, 0.5) is 0 Å². The summed E-state index contributed by atoms with van der Waals surface area (Å²) < 4.78 is 6.92. The number of carbonyl (C=O) groups excluding carboxylic acids is 1. The Hall–Kier alpha value is -1.88. The normalized spacial score (nSPS) is 15.8. The number of benzene rings is 1. The third kappa shape index (κ3) is 2.82. The van der Waals surface area contributed by atoms with E-state index in [2.05, 4.69) is 5.10 Å². The lowest BCUT2D eigenvalue weighted by Crippen LogP contribution is -2.47. The van der Waals surface area contributed by atoms with Crippen molar-refractivity contribution in [3.8, 4) is 0 Å². The predicted octanol–water partition coefficient (Wildman–Crippen LogP) is 2.27. The van der Waals surface area contributed by atoms with Gasteiger partial charge in [0.15, 0.2) is 0 Å². The molecule has 2 N–H and O–H groups in total. The molecule has 0 saturated heterocycles. The fourth-order valence-electron chi connectivity index (χ4n) is 2.42. The van der Waals surface area contributed by atoms with E-state index in [0.717, 1.165) is 10.9 Å². The van der Waals surface area contributed by atoms with Gasteiger partial charge in [0, 0.05) is 5.39 Å². The Morgan fingerprint density at radius 1 is 1.50 bits per heavy atom. The number of ether oxygens (including phenoxy) is 1. The lowest BCUT2D eigenvalue weighted by atomic mass is 9.95. The van der Waals surface area contributed by atoms with E-state index in [4.69, 9.17) is 10.5 Å². The van der Waals surface area contributed by atoms with Crippen LogP contribution in [-0.4, -0.2) is 27.9 Å². The molecule has 2 rings (SSSR count). The number of nitrogens with zero attached hydrogens (tertiary/aromatic N) is 2. The van der Waals surface area contributed by atoms with Gasteiger partial charge >= 0.3 is 5.97 Å². The van der Waals surface area contributed by atoms with Crippen LogP contribution in [0, 0.1) is 0 Å². The third-order valence-electron chi connectivity index (χ3n) is 3.38. The Morgan fingerprint density at radius 3 is 2.90 bits per heavy atom. The Kier molecular flexibility index (Phi) is 4.09. The third-order valence-corrected chi connectivity index (χ3v) is 3.38. The Labute approximate surface area is 118 Å². The first-order chi connectivity index (χ1) is 9.45. The summed E-state index contributed by atoms with van der Waals surface area (Å²) in [6.45, 7) is 5.82. The van der Waals surface area contributed by atoms with Gasteiger partial charge in [-0.25, -0.2) is 0 Å². The lowest BCUT2D eigenvalue weighted by Gasteiger charge is -2.26. The van der Waals surface area contributed by atoms with E-state index in [1.54, 1.807) is 13.8 Å². The molecule has 0 aliphatic carbocycles. The second-order valence-electron chi connectivity index (χ2n) is 5.34. The zero-order valence-electron chi connectivity index (χ0n) is 12.2. The highest BCUT2D eigenvalue weighted by Crippen LogP contribution is 2.24. The first-order valence-corrected chi connectivity index (χ1v) is 6.84. The number of esters is 1. The molecule has 0 aliphatic heterocycles. The van der Waals surface area contributed by atoms with Crippen molar-refractivity contribution in [2.24, 2.45) is 5.73 Å². The summed E-state index contributed by atoms with van der Waals surface area (Å²) in [7, 11) is 0. The van der Waals surface area contributed by atoms with E-state index in [-0.39, 0.29) is 12.0 Å². The van der Waals surface area contributed by atoms with Crippen molar-refractivity contribution < 1.29 is 9.53 Å². The maximum atomic E-state index is 11.9. The van der Waals surface area contributed by atoms with Crippen LogP contribution in [0.2, 0.25) is 0 Å². The average molecular weight is 275 g/mol. The van der Waals surface area contributed by atoms with Gasteiger partial charge < -0.3 is 10.5 Å². The van der Waals surface area contributed by atoms with Gasteiger partial charge in [-0.3, -0.25) is 9.48 Å². The number of para-hydroxylation sites is 1. The highest BCUT2D eigenvalue weighted by molar-refractivity contribution is 5.80. The molecule has 5 nitrogen and oxygen atoms in total. The summed E-state index contributed by atoms with van der Waals surface area (Å²) in [5.41, 5.74) is 6.11. The van der Waals surface area contributed by atoms with E-state index >= 15 is 0 Å². The molecule has 0 aliphatic rings. The zero-order valence-corrected chi connectivity index (χ0v) is 12.2. The standard InChI is InChI=1S/C15H21N3O2/c1-4-20-14(19)15(3,16)9-11(2)18-13-8-6-5-7-12(13)10-17-18/h5-8,10-11H,4,9,16H2,1-3H3. The molecule has 20 heavy (non-hydrogen) atoms. The van der Waals surface area contributed by atoms with Crippen molar-refractivity contribution in [3.63, 3.8) is 0 Å². The number of aromatic nitrogens is 2. The van der Waals surface area contributed by atoms with Gasteiger partial charge in [0.25, 0.3) is 0 Å². The van der Waals surface area contributed by atoms with Crippen molar-refractivity contribution >= 4 is 16.9 Å². The molecule has 2 aromatic rings. The van der Waals surface area contributed by atoms with E-state index in [1.165, 1.54) is 0 Å². The molecule has 0 fully saturated rings. The molecule has 1 aromatic heterocycles. The van der Waals surface area contributed by atoms with Gasteiger partial charge in [0.1, 0.15) is 5.54 Å². The Morgan fingerprint density at radius 2 is 2.20 bits per heavy atom. The van der Waals surface area contributed by atoms with Crippen LogP contribution in [0.15, 0.2) is 30.5 Å². The minimum Gasteiger partial charge on any atom is -0.465 e. The predicted molar refractivity (Wildman–Crippen MR) is 78.3 cm³/mol. The van der Waals surface area contributed by atoms with E-state index in [9.17, 15) is 4.79 Å². The van der Waals surface area contributed by atoms with Crippen molar-refractivity contribution in [1.29, 1.82) is 0 Å². The van der Waals surface area contributed by atoms with Gasteiger partial charge in [-0.05, 0) is 33.3 Å². The van der Waals surface area contributed by atoms with E-state index in [1.807, 2.05) is 42.1 Å². The Balaban J connectivity index is 2.19. The minimum absolute atomic E-state index is 0.00862. The van der Waals surface area contributed by atoms with Gasteiger partial charge in [0.2, 0.25) is 0 Å². The Bertz CT molecular complexity index is 604. The summed E-state index contributed by atoms with van der Waals surface area (Å²) in [4.78, 5) is 11.9. The van der Waals surface area contributed by atoms with Crippen LogP contribution in [0.1, 0.15) is 33.2 Å². The number of carbonyl (C=O) groups is 1. The molecule has 1 heterocycles. The van der Waals surface area contributed by atoms with Crippen LogP contribution >= 0.6 is 0 Å². The first-order valence-electron chi connectivity index (χ1n) is 6.84. The van der Waals surface area contributed by atoms with Gasteiger partial charge in [0.05, 0.1) is 24.4 Å². The highest BCUT2D eigenvalue weighted by atomic mass is 16.5. The van der Waals surface area contributed by atoms with Gasteiger partial charge in [-0.15, -0.1) is 0 Å². The van der Waals surface area contributed by atoms with Gasteiger partial charge in [-0.2, -0.15) is 5.10 Å². The molecule has 108 valence electrons. The second-order valence-corrected chi connectivity index (χ2v) is 5.34. The number of nitrogens with two attached hydrogens (primary N) is 1. The fourth-order valence-corrected chi connectivity index (χ4v) is 2.42. The quantitative estimate of drug-likeness (QED) is 0.850. The summed E-state index contributed by atoms with van der Waals surface area (Å²) in [5.74, 6) is -0.372. The number of hydrogen-bond donors (Lipinski definition) is 1. The van der Waals surface area contributed by atoms with Crippen LogP contribution in [-0.2, 0) is 9.53 Å². The molecule has 1 aromatic carbocycles. The van der Waals surface area contributed by atoms with Crippen LogP contribution < -0.4 is 5.73 Å². The lowest BCUT2D eigenvalue weighted by molar-refractivity contribution is -0.149. The maximum absolute atomic E-state index is 11.9. The smallest absolute Gasteiger partial charge is 0.325 e. The summed E-state index contributed by atoms with van der Waals surface area (Å²) in [6.07, 6.45) is 2.29. The first kappa shape index (κ1) is 14.5. The number of rotatable bonds is 5. The molecule has 5 heteroatoms. The molecule has 0 bridgehead atoms. The molecular formula is C15H21N3O2. The molecule has 2 unspecified atom stereocenters. The minimum atomic E-state index is -1.01. The molecular weight excluding hydrogens is 254 g/mol.